The van der Waals surface area contributed by atoms with Crippen molar-refractivity contribution in [2.24, 2.45) is 11.8 Å². The Morgan fingerprint density at radius 1 is 1.08 bits per heavy atom. The van der Waals surface area contributed by atoms with E-state index in [-0.39, 0.29) is 29.4 Å². The average Bonchev–Trinajstić information content (AvgIpc) is 3.56. The van der Waals surface area contributed by atoms with E-state index < -0.39 is 39.1 Å². The molecule has 2 fully saturated rings. The van der Waals surface area contributed by atoms with Crippen LogP contribution >= 0.6 is 11.6 Å². The Labute approximate surface area is 298 Å². The number of nitrogens with zero attached hydrogens (tertiary/aromatic N) is 2. The summed E-state index contributed by atoms with van der Waals surface area (Å²) in [7, 11) is -2.53. The molecule has 14 heteroatoms. The number of carbonyl (C=O) groups is 2. The summed E-state index contributed by atoms with van der Waals surface area (Å²) in [6.07, 6.45) is 5.76. The topological polar surface area (TPSA) is 133 Å². The molecule has 5 atom stereocenters. The first kappa shape index (κ1) is 34.9. The summed E-state index contributed by atoms with van der Waals surface area (Å²) in [6, 6.07) is 10.3. The lowest BCUT2D eigenvalue weighted by molar-refractivity contribution is -0.139. The maximum atomic E-state index is 13.6. The largest absolute Gasteiger partial charge is 0.493 e. The second-order valence-corrected chi connectivity index (χ2v) is 16.6. The molecule has 2 aromatic carbocycles. The molecule has 2 amide bonds. The Balaban J connectivity index is 1.27. The molecule has 0 radical (unpaired) electrons. The third-order valence-electron chi connectivity index (χ3n) is 10.9. The van der Waals surface area contributed by atoms with Gasteiger partial charge >= 0.3 is 6.09 Å². The molecule has 0 aromatic heterocycles. The van der Waals surface area contributed by atoms with Gasteiger partial charge in [0.15, 0.2) is 0 Å². The number of amides is 2. The molecule has 1 spiro atoms. The van der Waals surface area contributed by atoms with Gasteiger partial charge in [0.2, 0.25) is 0 Å². The van der Waals surface area contributed by atoms with Gasteiger partial charge in [0, 0.05) is 43.2 Å². The number of halogens is 1. The van der Waals surface area contributed by atoms with Gasteiger partial charge in [-0.05, 0) is 81.9 Å². The van der Waals surface area contributed by atoms with Gasteiger partial charge < -0.3 is 33.5 Å². The fraction of sp³-hybridized carbons (Fsp3) is 0.556. The fourth-order valence-corrected chi connectivity index (χ4v) is 8.85. The number of hydrogen-bond donors (Lipinski definition) is 1. The van der Waals surface area contributed by atoms with Gasteiger partial charge in [0.05, 0.1) is 48.5 Å². The number of ether oxygens (including phenoxy) is 5. The number of carbonyl (C=O) groups excluding carboxylic acids is 2. The van der Waals surface area contributed by atoms with Crippen LogP contribution in [0.1, 0.15) is 45.1 Å². The average molecular weight is 730 g/mol. The number of rotatable bonds is 2. The van der Waals surface area contributed by atoms with Crippen molar-refractivity contribution in [1.82, 2.24) is 9.62 Å². The predicted octanol–water partition coefficient (Wildman–Crippen LogP) is 4.68. The molecule has 1 saturated heterocycles. The SMILES string of the molecule is CN(C(=O)O[C@H]1/C=C/COC(C)(C)C(=O)NS(=O)(=O)c2ccc3c(c2)N(C[C@@H]2CC[C@H]21)C[C@@]1(CCOc2cc(Cl)ccc21)CO3)[C@@H]1CCOC1. The van der Waals surface area contributed by atoms with E-state index in [2.05, 4.69) is 9.62 Å². The van der Waals surface area contributed by atoms with Gasteiger partial charge in [-0.2, -0.15) is 0 Å². The molecule has 4 aliphatic heterocycles. The smallest absolute Gasteiger partial charge is 0.410 e. The number of hydrogen-bond acceptors (Lipinski definition) is 10. The summed E-state index contributed by atoms with van der Waals surface area (Å²) in [5.41, 5.74) is -0.370. The van der Waals surface area contributed by atoms with E-state index in [1.165, 1.54) is 19.9 Å². The van der Waals surface area contributed by atoms with E-state index >= 15 is 0 Å². The zero-order valence-electron chi connectivity index (χ0n) is 28.6. The van der Waals surface area contributed by atoms with Gasteiger partial charge in [0.25, 0.3) is 15.9 Å². The van der Waals surface area contributed by atoms with Crippen molar-refractivity contribution < 1.29 is 41.7 Å². The molecule has 270 valence electrons. The van der Waals surface area contributed by atoms with Crippen LogP contribution in [0.25, 0.3) is 0 Å². The fourth-order valence-electron chi connectivity index (χ4n) is 7.57. The summed E-state index contributed by atoms with van der Waals surface area (Å²) in [5, 5.41) is 0.575. The molecular formula is C36H44ClN3O9S. The Hall–Kier alpha value is -3.52. The summed E-state index contributed by atoms with van der Waals surface area (Å²) >= 11 is 6.36. The molecule has 0 unspecified atom stereocenters. The van der Waals surface area contributed by atoms with Crippen molar-refractivity contribution in [3.63, 3.8) is 0 Å². The summed E-state index contributed by atoms with van der Waals surface area (Å²) in [4.78, 5) is 30.5. The molecule has 50 heavy (non-hydrogen) atoms. The molecule has 2 bridgehead atoms. The van der Waals surface area contributed by atoms with Crippen molar-refractivity contribution in [1.29, 1.82) is 0 Å². The minimum Gasteiger partial charge on any atom is -0.493 e. The van der Waals surface area contributed by atoms with Crippen LogP contribution in [0.5, 0.6) is 11.5 Å². The summed E-state index contributed by atoms with van der Waals surface area (Å²) < 4.78 is 59.6. The van der Waals surface area contributed by atoms with Crippen LogP contribution in [0, 0.1) is 11.8 Å². The zero-order chi connectivity index (χ0) is 35.3. The van der Waals surface area contributed by atoms with E-state index in [0.717, 1.165) is 24.8 Å². The lowest BCUT2D eigenvalue weighted by Crippen LogP contribution is -2.51. The minimum atomic E-state index is -4.26. The lowest BCUT2D eigenvalue weighted by Gasteiger charge is -2.46. The highest BCUT2D eigenvalue weighted by atomic mass is 35.5. The first-order chi connectivity index (χ1) is 23.8. The quantitative estimate of drug-likeness (QED) is 0.435. The van der Waals surface area contributed by atoms with Gasteiger partial charge in [-0.15, -0.1) is 0 Å². The lowest BCUT2D eigenvalue weighted by atomic mass is 9.69. The second-order valence-electron chi connectivity index (χ2n) is 14.5. The number of anilines is 1. The maximum absolute atomic E-state index is 13.6. The standard InChI is InChI=1S/C36H44ClN3O9S/c1-35(2)33(41)38-50(43,44)26-8-11-31-29(18-26)40(21-36(22-47-31)13-16-46-32-17-24(37)7-10-28(32)36)19-23-6-9-27(23)30(5-4-14-48-35)49-34(42)39(3)25-12-15-45-20-25/h4-5,7-8,10-11,17-18,23,25,27,30H,6,9,12-16,19-22H2,1-3H3,(H,38,41)/b5-4+/t23-,25+,27+,30-,36-/m0/s1. The first-order valence-corrected chi connectivity index (χ1v) is 19.1. The number of nitrogens with one attached hydrogen (secondary N) is 1. The molecule has 2 aromatic rings. The number of fused-ring (bicyclic) bond motifs is 4. The van der Waals surface area contributed by atoms with E-state index in [9.17, 15) is 18.0 Å². The Kier molecular flexibility index (Phi) is 9.46. The number of benzene rings is 2. The van der Waals surface area contributed by atoms with Crippen molar-refractivity contribution in [3.8, 4) is 11.5 Å². The molecule has 7 rings (SSSR count). The van der Waals surface area contributed by atoms with Gasteiger partial charge in [-0.1, -0.05) is 23.7 Å². The van der Waals surface area contributed by atoms with Crippen molar-refractivity contribution in [2.45, 2.75) is 67.6 Å². The molecule has 4 heterocycles. The molecule has 1 saturated carbocycles. The van der Waals surface area contributed by atoms with Crippen LogP contribution in [0.3, 0.4) is 0 Å². The number of likely N-dealkylation sites (N-methyl/N-ethyl adjacent to an activating group) is 1. The van der Waals surface area contributed by atoms with Gasteiger partial charge in [-0.25, -0.2) is 17.9 Å². The predicted molar refractivity (Wildman–Crippen MR) is 185 cm³/mol. The normalized spacial score (nSPS) is 30.6. The van der Waals surface area contributed by atoms with Crippen LogP contribution < -0.4 is 19.1 Å². The molecule has 5 aliphatic rings. The highest BCUT2D eigenvalue weighted by molar-refractivity contribution is 7.90. The Morgan fingerprint density at radius 3 is 2.68 bits per heavy atom. The molecule has 1 N–H and O–H groups in total. The monoisotopic (exact) mass is 729 g/mol. The third kappa shape index (κ3) is 6.77. The van der Waals surface area contributed by atoms with Gasteiger partial charge in [0.1, 0.15) is 23.2 Å². The first-order valence-electron chi connectivity index (χ1n) is 17.2. The van der Waals surface area contributed by atoms with Crippen LogP contribution in [0.2, 0.25) is 5.02 Å². The molecule has 1 aliphatic carbocycles. The third-order valence-corrected chi connectivity index (χ3v) is 12.5. The van der Waals surface area contributed by atoms with Crippen molar-refractivity contribution >= 4 is 39.3 Å². The van der Waals surface area contributed by atoms with Crippen LogP contribution in [-0.4, -0.2) is 96.2 Å². The number of sulfonamides is 1. The van der Waals surface area contributed by atoms with E-state index in [1.54, 1.807) is 30.2 Å². The van der Waals surface area contributed by atoms with Crippen molar-refractivity contribution in [2.75, 3.05) is 58.1 Å². The highest BCUT2D eigenvalue weighted by Crippen LogP contribution is 2.48. The Morgan fingerprint density at radius 2 is 1.92 bits per heavy atom. The van der Waals surface area contributed by atoms with E-state index in [0.29, 0.717) is 68.1 Å². The summed E-state index contributed by atoms with van der Waals surface area (Å²) in [5.74, 6) is 0.538. The second kappa shape index (κ2) is 13.6. The van der Waals surface area contributed by atoms with E-state index in [1.807, 2.05) is 24.3 Å². The molecule has 12 nitrogen and oxygen atoms in total. The Bertz CT molecular complexity index is 1780. The maximum Gasteiger partial charge on any atom is 0.410 e. The van der Waals surface area contributed by atoms with Crippen LogP contribution in [-0.2, 0) is 34.4 Å². The van der Waals surface area contributed by atoms with E-state index in [4.69, 9.17) is 35.3 Å². The molecular weight excluding hydrogens is 686 g/mol. The van der Waals surface area contributed by atoms with Gasteiger partial charge in [-0.3, -0.25) is 4.79 Å². The van der Waals surface area contributed by atoms with Crippen LogP contribution in [0.4, 0.5) is 10.5 Å². The summed E-state index contributed by atoms with van der Waals surface area (Å²) in [6.45, 7) is 5.99. The minimum absolute atomic E-state index is 0.00847. The highest BCUT2D eigenvalue weighted by Gasteiger charge is 2.46. The zero-order valence-corrected chi connectivity index (χ0v) is 30.1. The van der Waals surface area contributed by atoms with Crippen molar-refractivity contribution in [3.05, 3.63) is 59.1 Å². The van der Waals surface area contributed by atoms with Crippen LogP contribution in [0.15, 0.2) is 53.4 Å².